The SMILES string of the molecule is Cc1coc(CC(=O)O)c1C(=O)NC1CCN(c2c(F)cccc2F)C1=O. The first-order chi connectivity index (χ1) is 12.8. The molecule has 1 aromatic carbocycles. The average Bonchev–Trinajstić information content (AvgIpc) is 3.11. The molecule has 0 radical (unpaired) electrons. The Bertz CT molecular complexity index is 904. The zero-order valence-electron chi connectivity index (χ0n) is 14.3. The monoisotopic (exact) mass is 378 g/mol. The second kappa shape index (κ2) is 7.18. The first-order valence-corrected chi connectivity index (χ1v) is 8.14. The van der Waals surface area contributed by atoms with Crippen LogP contribution in [0.1, 0.15) is 28.1 Å². The Balaban J connectivity index is 1.78. The summed E-state index contributed by atoms with van der Waals surface area (Å²) in [4.78, 5) is 36.9. The molecule has 2 amide bonds. The van der Waals surface area contributed by atoms with Gasteiger partial charge >= 0.3 is 5.97 Å². The third kappa shape index (κ3) is 3.53. The van der Waals surface area contributed by atoms with E-state index in [-0.39, 0.29) is 24.3 Å². The van der Waals surface area contributed by atoms with Crippen molar-refractivity contribution in [2.75, 3.05) is 11.4 Å². The molecular formula is C18H16F2N2O5. The van der Waals surface area contributed by atoms with Gasteiger partial charge in [-0.05, 0) is 25.5 Å². The lowest BCUT2D eigenvalue weighted by molar-refractivity contribution is -0.136. The van der Waals surface area contributed by atoms with Gasteiger partial charge in [-0.25, -0.2) is 8.78 Å². The first-order valence-electron chi connectivity index (χ1n) is 8.14. The van der Waals surface area contributed by atoms with E-state index in [1.807, 2.05) is 0 Å². The van der Waals surface area contributed by atoms with E-state index in [0.717, 1.165) is 17.0 Å². The number of para-hydroxylation sites is 1. The molecular weight excluding hydrogens is 362 g/mol. The van der Waals surface area contributed by atoms with Gasteiger partial charge < -0.3 is 19.7 Å². The van der Waals surface area contributed by atoms with Crippen molar-refractivity contribution in [1.82, 2.24) is 5.32 Å². The number of benzene rings is 1. The maximum absolute atomic E-state index is 13.9. The topological polar surface area (TPSA) is 99.8 Å². The molecule has 1 aromatic heterocycles. The summed E-state index contributed by atoms with van der Waals surface area (Å²) in [5.74, 6) is -4.26. The number of furan rings is 1. The summed E-state index contributed by atoms with van der Waals surface area (Å²) in [5, 5.41) is 11.4. The lowest BCUT2D eigenvalue weighted by Crippen LogP contribution is -2.42. The van der Waals surface area contributed by atoms with Gasteiger partial charge in [0.15, 0.2) is 0 Å². The van der Waals surface area contributed by atoms with Crippen LogP contribution in [0.15, 0.2) is 28.9 Å². The van der Waals surface area contributed by atoms with E-state index in [0.29, 0.717) is 5.56 Å². The molecule has 1 saturated heterocycles. The fourth-order valence-electron chi connectivity index (χ4n) is 3.08. The molecule has 0 saturated carbocycles. The summed E-state index contributed by atoms with van der Waals surface area (Å²) in [5.41, 5.74) is 0.0113. The van der Waals surface area contributed by atoms with E-state index in [9.17, 15) is 23.2 Å². The Morgan fingerprint density at radius 1 is 1.33 bits per heavy atom. The highest BCUT2D eigenvalue weighted by atomic mass is 19.1. The predicted molar refractivity (Wildman–Crippen MR) is 89.4 cm³/mol. The molecule has 1 atom stereocenters. The van der Waals surface area contributed by atoms with Crippen LogP contribution in [0.5, 0.6) is 0 Å². The zero-order valence-corrected chi connectivity index (χ0v) is 14.3. The van der Waals surface area contributed by atoms with E-state index >= 15 is 0 Å². The summed E-state index contributed by atoms with van der Waals surface area (Å²) in [7, 11) is 0. The van der Waals surface area contributed by atoms with E-state index < -0.39 is 47.6 Å². The summed E-state index contributed by atoms with van der Waals surface area (Å²) in [6, 6.07) is 2.30. The molecule has 0 aliphatic carbocycles. The minimum absolute atomic E-state index is 0.0278. The summed E-state index contributed by atoms with van der Waals surface area (Å²) in [6.07, 6.45) is 0.927. The van der Waals surface area contributed by atoms with Crippen molar-refractivity contribution in [3.63, 3.8) is 0 Å². The largest absolute Gasteiger partial charge is 0.481 e. The molecule has 0 bridgehead atoms. The van der Waals surface area contributed by atoms with Gasteiger partial charge in [0.25, 0.3) is 5.91 Å². The minimum atomic E-state index is -1.17. The maximum Gasteiger partial charge on any atom is 0.311 e. The smallest absolute Gasteiger partial charge is 0.311 e. The van der Waals surface area contributed by atoms with Crippen LogP contribution < -0.4 is 10.2 Å². The van der Waals surface area contributed by atoms with Crippen LogP contribution >= 0.6 is 0 Å². The van der Waals surface area contributed by atoms with Crippen LogP contribution in [0.25, 0.3) is 0 Å². The number of carbonyl (C=O) groups excluding carboxylic acids is 2. The highest BCUT2D eigenvalue weighted by Crippen LogP contribution is 2.28. The lowest BCUT2D eigenvalue weighted by Gasteiger charge is -2.18. The number of halogens is 2. The Morgan fingerprint density at radius 2 is 2.00 bits per heavy atom. The number of carboxylic acid groups (broad SMARTS) is 1. The number of anilines is 1. The number of nitrogens with one attached hydrogen (secondary N) is 1. The highest BCUT2D eigenvalue weighted by Gasteiger charge is 2.37. The third-order valence-corrected chi connectivity index (χ3v) is 4.31. The zero-order chi connectivity index (χ0) is 19.7. The predicted octanol–water partition coefficient (Wildman–Crippen LogP) is 2.03. The molecule has 3 rings (SSSR count). The summed E-state index contributed by atoms with van der Waals surface area (Å²) < 4.78 is 33.0. The van der Waals surface area contributed by atoms with Crippen LogP contribution in [0.4, 0.5) is 14.5 Å². The lowest BCUT2D eigenvalue weighted by atomic mass is 10.1. The number of aryl methyl sites for hydroxylation is 1. The number of hydrogen-bond acceptors (Lipinski definition) is 4. The Labute approximate surface area is 152 Å². The number of carboxylic acids is 1. The molecule has 9 heteroatoms. The molecule has 27 heavy (non-hydrogen) atoms. The van der Waals surface area contributed by atoms with Crippen molar-refractivity contribution in [1.29, 1.82) is 0 Å². The van der Waals surface area contributed by atoms with Gasteiger partial charge in [0, 0.05) is 12.1 Å². The van der Waals surface area contributed by atoms with Gasteiger partial charge in [-0.15, -0.1) is 0 Å². The van der Waals surface area contributed by atoms with Gasteiger partial charge in [0.05, 0.1) is 11.8 Å². The van der Waals surface area contributed by atoms with Crippen LogP contribution in [0.2, 0.25) is 0 Å². The van der Waals surface area contributed by atoms with Gasteiger partial charge in [-0.1, -0.05) is 6.07 Å². The van der Waals surface area contributed by atoms with Crippen LogP contribution in [0.3, 0.4) is 0 Å². The number of nitrogens with zero attached hydrogens (tertiary/aromatic N) is 1. The van der Waals surface area contributed by atoms with Gasteiger partial charge in [0.1, 0.15) is 35.5 Å². The van der Waals surface area contributed by atoms with Crippen molar-refractivity contribution >= 4 is 23.5 Å². The fourth-order valence-corrected chi connectivity index (χ4v) is 3.08. The third-order valence-electron chi connectivity index (χ3n) is 4.31. The Hall–Kier alpha value is -3.23. The van der Waals surface area contributed by atoms with E-state index in [4.69, 9.17) is 9.52 Å². The van der Waals surface area contributed by atoms with Gasteiger partial charge in [-0.2, -0.15) is 0 Å². The standard InChI is InChI=1S/C18H16F2N2O5/c1-9-8-27-13(7-14(23)24)15(9)17(25)21-12-5-6-22(18(12)26)16-10(19)3-2-4-11(16)20/h2-4,8,12H,5-7H2,1H3,(H,21,25)(H,23,24). The van der Waals surface area contributed by atoms with Gasteiger partial charge in [0.2, 0.25) is 5.91 Å². The quantitative estimate of drug-likeness (QED) is 0.829. The number of carbonyl (C=O) groups is 3. The van der Waals surface area contributed by atoms with Crippen LogP contribution in [-0.2, 0) is 16.0 Å². The molecule has 2 aromatic rings. The summed E-state index contributed by atoms with van der Waals surface area (Å²) in [6.45, 7) is 1.61. The summed E-state index contributed by atoms with van der Waals surface area (Å²) >= 11 is 0. The molecule has 2 heterocycles. The first kappa shape index (κ1) is 18.6. The number of aliphatic carboxylic acids is 1. The van der Waals surface area contributed by atoms with E-state index in [2.05, 4.69) is 5.32 Å². The number of hydrogen-bond donors (Lipinski definition) is 2. The van der Waals surface area contributed by atoms with Crippen LogP contribution in [-0.4, -0.2) is 35.5 Å². The highest BCUT2D eigenvalue weighted by molar-refractivity contribution is 6.05. The van der Waals surface area contributed by atoms with E-state index in [1.54, 1.807) is 6.92 Å². The molecule has 1 fully saturated rings. The minimum Gasteiger partial charge on any atom is -0.481 e. The van der Waals surface area contributed by atoms with Crippen molar-refractivity contribution in [2.24, 2.45) is 0 Å². The van der Waals surface area contributed by atoms with Crippen molar-refractivity contribution in [3.8, 4) is 0 Å². The molecule has 2 N–H and O–H groups in total. The molecule has 1 unspecified atom stereocenters. The number of rotatable bonds is 5. The fraction of sp³-hybridized carbons (Fsp3) is 0.278. The molecule has 0 spiro atoms. The molecule has 1 aliphatic heterocycles. The molecule has 7 nitrogen and oxygen atoms in total. The second-order valence-electron chi connectivity index (χ2n) is 6.16. The molecule has 142 valence electrons. The normalized spacial score (nSPS) is 16.6. The maximum atomic E-state index is 13.9. The second-order valence-corrected chi connectivity index (χ2v) is 6.16. The number of amides is 2. The van der Waals surface area contributed by atoms with Crippen LogP contribution in [0, 0.1) is 18.6 Å². The van der Waals surface area contributed by atoms with E-state index in [1.165, 1.54) is 12.3 Å². The molecule has 1 aliphatic rings. The van der Waals surface area contributed by atoms with Crippen molar-refractivity contribution in [3.05, 3.63) is 53.0 Å². The Kier molecular flexibility index (Phi) is 4.93. The average molecular weight is 378 g/mol. The van der Waals surface area contributed by atoms with Gasteiger partial charge in [-0.3, -0.25) is 14.4 Å². The van der Waals surface area contributed by atoms with Crippen molar-refractivity contribution < 1.29 is 32.7 Å². The van der Waals surface area contributed by atoms with Crippen molar-refractivity contribution in [2.45, 2.75) is 25.8 Å². The Morgan fingerprint density at radius 3 is 2.63 bits per heavy atom.